The van der Waals surface area contributed by atoms with E-state index in [1.165, 1.54) is 24.3 Å². The first-order valence-electron chi connectivity index (χ1n) is 9.33. The van der Waals surface area contributed by atoms with Crippen molar-refractivity contribution >= 4 is 21.6 Å². The van der Waals surface area contributed by atoms with Crippen LogP contribution in [-0.2, 0) is 9.84 Å². The zero-order valence-electron chi connectivity index (χ0n) is 17.0. The maximum atomic E-state index is 13.4. The number of rotatable bonds is 5. The average molecular weight is 432 g/mol. The second-order valence-corrected chi connectivity index (χ2v) is 9.16. The van der Waals surface area contributed by atoms with Crippen LogP contribution in [-0.4, -0.2) is 18.9 Å². The molecule has 30 heavy (non-hydrogen) atoms. The molecule has 0 saturated heterocycles. The number of amides is 1. The summed E-state index contributed by atoms with van der Waals surface area (Å²) in [5, 5.41) is 2.69. The fourth-order valence-electron chi connectivity index (χ4n) is 3.40. The van der Waals surface area contributed by atoms with E-state index in [0.717, 1.165) is 24.3 Å². The minimum atomic E-state index is -4.05. The summed E-state index contributed by atoms with van der Waals surface area (Å²) >= 11 is 0. The van der Waals surface area contributed by atoms with Crippen molar-refractivity contribution in [3.8, 4) is 0 Å². The summed E-state index contributed by atoms with van der Waals surface area (Å²) < 4.78 is 55.0. The Morgan fingerprint density at radius 3 is 1.93 bits per heavy atom. The Bertz CT molecular complexity index is 1200. The summed E-state index contributed by atoms with van der Waals surface area (Å²) in [4.78, 5) is 12.7. The lowest BCUT2D eigenvalue weighted by Gasteiger charge is -2.17. The lowest BCUT2D eigenvalue weighted by Crippen LogP contribution is -2.19. The number of hydrogen-bond acceptors (Lipinski definition) is 3. The first kappa shape index (κ1) is 21.7. The standard InChI is InChI=1S/C22H22F2N2O3S/c1-13(2)26-15(4)14(3)20(30(28,29)19-11-9-18(24)10-12-19)21(26)25-22(27)16-5-7-17(23)8-6-16/h5-13H,1-4H3,(H,25,27). The van der Waals surface area contributed by atoms with Gasteiger partial charge in [-0.2, -0.15) is 0 Å². The zero-order chi connectivity index (χ0) is 22.2. The number of nitrogens with one attached hydrogen (secondary N) is 1. The van der Waals surface area contributed by atoms with E-state index in [9.17, 15) is 22.0 Å². The lowest BCUT2D eigenvalue weighted by molar-refractivity contribution is 0.102. The molecule has 1 aromatic heterocycles. The van der Waals surface area contributed by atoms with Crippen molar-refractivity contribution in [1.82, 2.24) is 4.57 Å². The highest BCUT2D eigenvalue weighted by Crippen LogP contribution is 2.37. The number of benzene rings is 2. The second-order valence-electron chi connectivity index (χ2n) is 7.27. The predicted octanol–water partition coefficient (Wildman–Crippen LogP) is 5.05. The van der Waals surface area contributed by atoms with Gasteiger partial charge in [0.15, 0.2) is 0 Å². The summed E-state index contributed by atoms with van der Waals surface area (Å²) in [5.41, 5.74) is 1.36. The molecule has 3 rings (SSSR count). The molecule has 0 unspecified atom stereocenters. The number of sulfone groups is 1. The van der Waals surface area contributed by atoms with E-state index in [2.05, 4.69) is 5.32 Å². The Morgan fingerprint density at radius 2 is 1.43 bits per heavy atom. The number of carbonyl (C=O) groups is 1. The van der Waals surface area contributed by atoms with Crippen LogP contribution in [0.3, 0.4) is 0 Å². The molecule has 0 radical (unpaired) electrons. The van der Waals surface area contributed by atoms with Crippen molar-refractivity contribution in [1.29, 1.82) is 0 Å². The van der Waals surface area contributed by atoms with Gasteiger partial charge in [0.25, 0.3) is 5.91 Å². The van der Waals surface area contributed by atoms with Crippen LogP contribution in [0.25, 0.3) is 0 Å². The van der Waals surface area contributed by atoms with Gasteiger partial charge in [0.2, 0.25) is 9.84 Å². The molecular weight excluding hydrogens is 410 g/mol. The van der Waals surface area contributed by atoms with E-state index in [1.807, 2.05) is 13.8 Å². The van der Waals surface area contributed by atoms with E-state index in [1.54, 1.807) is 18.4 Å². The molecule has 0 aliphatic rings. The van der Waals surface area contributed by atoms with Crippen LogP contribution in [0.15, 0.2) is 58.3 Å². The molecule has 0 fully saturated rings. The van der Waals surface area contributed by atoms with Crippen molar-refractivity contribution in [2.75, 3.05) is 5.32 Å². The molecule has 0 aliphatic carbocycles. The Labute approximate surface area is 174 Å². The van der Waals surface area contributed by atoms with Crippen molar-refractivity contribution in [2.45, 2.75) is 43.5 Å². The van der Waals surface area contributed by atoms with Gasteiger partial charge in [0.05, 0.1) is 4.90 Å². The Balaban J connectivity index is 2.18. The van der Waals surface area contributed by atoms with Gasteiger partial charge in [-0.15, -0.1) is 0 Å². The summed E-state index contributed by atoms with van der Waals surface area (Å²) in [7, 11) is -4.05. The second kappa shape index (κ2) is 8.02. The normalized spacial score (nSPS) is 11.7. The fourth-order valence-corrected chi connectivity index (χ4v) is 5.09. The summed E-state index contributed by atoms with van der Waals surface area (Å²) in [6.45, 7) is 7.17. The van der Waals surface area contributed by atoms with E-state index in [-0.39, 0.29) is 27.2 Å². The lowest BCUT2D eigenvalue weighted by atomic mass is 10.2. The van der Waals surface area contributed by atoms with Crippen LogP contribution in [0.2, 0.25) is 0 Å². The third kappa shape index (κ3) is 3.87. The Kier molecular flexibility index (Phi) is 5.81. The maximum absolute atomic E-state index is 13.4. The highest BCUT2D eigenvalue weighted by atomic mass is 32.2. The molecule has 1 heterocycles. The summed E-state index contributed by atoms with van der Waals surface area (Å²) in [5.74, 6) is -1.47. The molecule has 5 nitrogen and oxygen atoms in total. The molecule has 158 valence electrons. The molecular formula is C22H22F2N2O3S. The van der Waals surface area contributed by atoms with Crippen molar-refractivity contribution in [3.05, 3.63) is 77.0 Å². The highest BCUT2D eigenvalue weighted by molar-refractivity contribution is 7.91. The van der Waals surface area contributed by atoms with Crippen LogP contribution in [0.1, 0.15) is 41.5 Å². The van der Waals surface area contributed by atoms with Crippen LogP contribution in [0.5, 0.6) is 0 Å². The third-order valence-electron chi connectivity index (χ3n) is 4.95. The number of carbonyl (C=O) groups excluding carboxylic acids is 1. The molecule has 2 aromatic carbocycles. The van der Waals surface area contributed by atoms with Gasteiger partial charge < -0.3 is 9.88 Å². The minimum absolute atomic E-state index is 0.0456. The molecule has 0 aliphatic heterocycles. The highest BCUT2D eigenvalue weighted by Gasteiger charge is 2.31. The van der Waals surface area contributed by atoms with Gasteiger partial charge in [0, 0.05) is 17.3 Å². The average Bonchev–Trinajstić information content (AvgIpc) is 2.93. The van der Waals surface area contributed by atoms with E-state index in [4.69, 9.17) is 0 Å². The number of hydrogen-bond donors (Lipinski definition) is 1. The first-order valence-corrected chi connectivity index (χ1v) is 10.8. The van der Waals surface area contributed by atoms with Gasteiger partial charge >= 0.3 is 0 Å². The molecule has 0 saturated carbocycles. The molecule has 3 aromatic rings. The largest absolute Gasteiger partial charge is 0.328 e. The Morgan fingerprint density at radius 1 is 0.933 bits per heavy atom. The van der Waals surface area contributed by atoms with Gasteiger partial charge in [-0.1, -0.05) is 0 Å². The van der Waals surface area contributed by atoms with E-state index >= 15 is 0 Å². The number of anilines is 1. The van der Waals surface area contributed by atoms with Crippen molar-refractivity contribution < 1.29 is 22.0 Å². The number of aromatic nitrogens is 1. The molecule has 8 heteroatoms. The first-order chi connectivity index (χ1) is 14.0. The van der Waals surface area contributed by atoms with E-state index in [0.29, 0.717) is 11.3 Å². The van der Waals surface area contributed by atoms with Gasteiger partial charge in [-0.05, 0) is 81.8 Å². The van der Waals surface area contributed by atoms with Gasteiger partial charge in [-0.3, -0.25) is 4.79 Å². The summed E-state index contributed by atoms with van der Waals surface area (Å²) in [6, 6.07) is 9.34. The third-order valence-corrected chi connectivity index (χ3v) is 6.88. The van der Waals surface area contributed by atoms with Crippen LogP contribution in [0, 0.1) is 25.5 Å². The summed E-state index contributed by atoms with van der Waals surface area (Å²) in [6.07, 6.45) is 0. The maximum Gasteiger partial charge on any atom is 0.256 e. The molecule has 0 atom stereocenters. The molecule has 0 spiro atoms. The quantitative estimate of drug-likeness (QED) is 0.574. The molecule has 1 N–H and O–H groups in total. The monoisotopic (exact) mass is 432 g/mol. The molecule has 1 amide bonds. The van der Waals surface area contributed by atoms with Crippen molar-refractivity contribution in [3.63, 3.8) is 0 Å². The zero-order valence-corrected chi connectivity index (χ0v) is 17.8. The van der Waals surface area contributed by atoms with Crippen LogP contribution < -0.4 is 5.32 Å². The van der Waals surface area contributed by atoms with Crippen LogP contribution in [0.4, 0.5) is 14.6 Å². The predicted molar refractivity (Wildman–Crippen MR) is 110 cm³/mol. The topological polar surface area (TPSA) is 68.2 Å². The fraction of sp³-hybridized carbons (Fsp3) is 0.227. The number of halogens is 2. The van der Waals surface area contributed by atoms with E-state index < -0.39 is 27.4 Å². The molecule has 0 bridgehead atoms. The minimum Gasteiger partial charge on any atom is -0.328 e. The number of nitrogens with zero attached hydrogens (tertiary/aromatic N) is 1. The SMILES string of the molecule is Cc1c(S(=O)(=O)c2ccc(F)cc2)c(NC(=O)c2ccc(F)cc2)n(C(C)C)c1C. The van der Waals surface area contributed by atoms with Gasteiger partial charge in [0.1, 0.15) is 22.3 Å². The van der Waals surface area contributed by atoms with Crippen molar-refractivity contribution in [2.24, 2.45) is 0 Å². The smallest absolute Gasteiger partial charge is 0.256 e. The van der Waals surface area contributed by atoms with Crippen LogP contribution >= 0.6 is 0 Å². The van der Waals surface area contributed by atoms with Gasteiger partial charge in [-0.25, -0.2) is 17.2 Å². The Hall–Kier alpha value is -3.00.